The minimum Gasteiger partial charge on any atom is -0.445 e. The summed E-state index contributed by atoms with van der Waals surface area (Å²) in [5, 5.41) is 0. The van der Waals surface area contributed by atoms with E-state index in [0.29, 0.717) is 18.7 Å². The van der Waals surface area contributed by atoms with E-state index in [4.69, 9.17) is 4.74 Å². The van der Waals surface area contributed by atoms with Gasteiger partial charge in [0.15, 0.2) is 0 Å². The molecule has 0 saturated carbocycles. The lowest BCUT2D eigenvalue weighted by atomic mass is 10.1. The summed E-state index contributed by atoms with van der Waals surface area (Å²) in [6, 6.07) is 10.5. The molecule has 3 nitrogen and oxygen atoms in total. The Morgan fingerprint density at radius 3 is 2.37 bits per heavy atom. The van der Waals surface area contributed by atoms with Gasteiger partial charge in [-0.1, -0.05) is 42.5 Å². The van der Waals surface area contributed by atoms with E-state index in [2.05, 4.69) is 12.2 Å². The van der Waals surface area contributed by atoms with Gasteiger partial charge in [-0.15, -0.1) is 0 Å². The average Bonchev–Trinajstić information content (AvgIpc) is 2.71. The van der Waals surface area contributed by atoms with E-state index in [1.54, 1.807) is 0 Å². The first-order chi connectivity index (χ1) is 9.34. The van der Waals surface area contributed by atoms with Crippen molar-refractivity contribution in [3.05, 3.63) is 48.0 Å². The largest absolute Gasteiger partial charge is 0.445 e. The van der Waals surface area contributed by atoms with Crippen molar-refractivity contribution in [3.8, 4) is 0 Å². The number of fused-ring (bicyclic) bond motifs is 2. The van der Waals surface area contributed by atoms with E-state index < -0.39 is 0 Å². The molecule has 1 amide bonds. The van der Waals surface area contributed by atoms with Crippen LogP contribution in [0.2, 0.25) is 0 Å². The third-order valence-electron chi connectivity index (χ3n) is 4.02. The van der Waals surface area contributed by atoms with Gasteiger partial charge < -0.3 is 9.64 Å². The predicted octanol–water partition coefficient (Wildman–Crippen LogP) is 3.51. The maximum Gasteiger partial charge on any atom is 0.410 e. The highest BCUT2D eigenvalue weighted by Crippen LogP contribution is 2.32. The SMILES string of the molecule is O=C(OCc1ccccc1)N1C2CC=CCC1CC2. The van der Waals surface area contributed by atoms with E-state index in [0.717, 1.165) is 31.2 Å². The van der Waals surface area contributed by atoms with E-state index >= 15 is 0 Å². The van der Waals surface area contributed by atoms with Gasteiger partial charge in [0.1, 0.15) is 6.61 Å². The molecule has 0 spiro atoms. The molecular weight excluding hydrogens is 238 g/mol. The van der Waals surface area contributed by atoms with Crippen LogP contribution in [0.3, 0.4) is 0 Å². The number of carbonyl (C=O) groups excluding carboxylic acids is 1. The number of rotatable bonds is 2. The highest BCUT2D eigenvalue weighted by molar-refractivity contribution is 5.69. The van der Waals surface area contributed by atoms with Crippen LogP contribution in [-0.2, 0) is 11.3 Å². The molecule has 1 fully saturated rings. The standard InChI is InChI=1S/C16H19NO2/c18-16(19-12-13-6-2-1-3-7-13)17-14-8-4-5-9-15(17)11-10-14/h1-7,14-15H,8-12H2. The van der Waals surface area contributed by atoms with Gasteiger partial charge >= 0.3 is 6.09 Å². The molecule has 1 saturated heterocycles. The fraction of sp³-hybridized carbons (Fsp3) is 0.438. The van der Waals surface area contributed by atoms with E-state index in [1.165, 1.54) is 0 Å². The smallest absolute Gasteiger partial charge is 0.410 e. The van der Waals surface area contributed by atoms with Crippen LogP contribution in [0.15, 0.2) is 42.5 Å². The summed E-state index contributed by atoms with van der Waals surface area (Å²) in [4.78, 5) is 14.2. The van der Waals surface area contributed by atoms with Gasteiger partial charge in [-0.3, -0.25) is 0 Å². The van der Waals surface area contributed by atoms with Crippen LogP contribution in [-0.4, -0.2) is 23.1 Å². The molecule has 0 aliphatic carbocycles. The molecule has 3 heteroatoms. The first-order valence-electron chi connectivity index (χ1n) is 6.98. The predicted molar refractivity (Wildman–Crippen MR) is 73.7 cm³/mol. The normalized spacial score (nSPS) is 25.2. The van der Waals surface area contributed by atoms with Crippen molar-refractivity contribution in [2.75, 3.05) is 0 Å². The molecule has 100 valence electrons. The minimum absolute atomic E-state index is 0.153. The average molecular weight is 257 g/mol. The molecule has 1 aromatic carbocycles. The summed E-state index contributed by atoms with van der Waals surface area (Å²) in [6.45, 7) is 0.364. The van der Waals surface area contributed by atoms with E-state index in [-0.39, 0.29) is 6.09 Å². The van der Waals surface area contributed by atoms with Crippen LogP contribution in [0.4, 0.5) is 4.79 Å². The highest BCUT2D eigenvalue weighted by Gasteiger charge is 2.37. The molecule has 2 aliphatic rings. The topological polar surface area (TPSA) is 29.5 Å². The molecule has 2 atom stereocenters. The van der Waals surface area contributed by atoms with Crippen LogP contribution in [0, 0.1) is 0 Å². The Bertz CT molecular complexity index is 453. The van der Waals surface area contributed by atoms with Crippen molar-refractivity contribution < 1.29 is 9.53 Å². The molecule has 3 rings (SSSR count). The van der Waals surface area contributed by atoms with Crippen LogP contribution in [0.5, 0.6) is 0 Å². The summed E-state index contributed by atoms with van der Waals surface area (Å²) in [5.74, 6) is 0. The van der Waals surface area contributed by atoms with Crippen LogP contribution in [0.1, 0.15) is 31.2 Å². The second kappa shape index (κ2) is 5.47. The molecule has 0 N–H and O–H groups in total. The number of amides is 1. The Balaban J connectivity index is 1.61. The number of ether oxygens (including phenoxy) is 1. The lowest BCUT2D eigenvalue weighted by Crippen LogP contribution is -2.40. The molecule has 1 aromatic rings. The van der Waals surface area contributed by atoms with Gasteiger partial charge in [0.25, 0.3) is 0 Å². The number of carbonyl (C=O) groups is 1. The molecule has 2 heterocycles. The maximum atomic E-state index is 12.3. The lowest BCUT2D eigenvalue weighted by Gasteiger charge is -2.27. The lowest BCUT2D eigenvalue weighted by molar-refractivity contribution is 0.0799. The van der Waals surface area contributed by atoms with Crippen molar-refractivity contribution in [1.82, 2.24) is 4.90 Å². The van der Waals surface area contributed by atoms with Gasteiger partial charge in [-0.25, -0.2) is 4.79 Å². The van der Waals surface area contributed by atoms with E-state index in [9.17, 15) is 4.79 Å². The molecule has 2 bridgehead atoms. The monoisotopic (exact) mass is 257 g/mol. The third kappa shape index (κ3) is 2.65. The minimum atomic E-state index is -0.153. The fourth-order valence-corrected chi connectivity index (χ4v) is 3.02. The Labute approximate surface area is 113 Å². The van der Waals surface area contributed by atoms with Crippen molar-refractivity contribution in [3.63, 3.8) is 0 Å². The van der Waals surface area contributed by atoms with Crippen LogP contribution >= 0.6 is 0 Å². The second-order valence-corrected chi connectivity index (χ2v) is 5.28. The third-order valence-corrected chi connectivity index (χ3v) is 4.02. The van der Waals surface area contributed by atoms with Crippen molar-refractivity contribution in [2.45, 2.75) is 44.4 Å². The van der Waals surface area contributed by atoms with Crippen LogP contribution < -0.4 is 0 Å². The zero-order valence-electron chi connectivity index (χ0n) is 11.0. The Kier molecular flexibility index (Phi) is 3.53. The Morgan fingerprint density at radius 2 is 1.74 bits per heavy atom. The van der Waals surface area contributed by atoms with E-state index in [1.807, 2.05) is 35.2 Å². The molecule has 2 aliphatic heterocycles. The van der Waals surface area contributed by atoms with Crippen molar-refractivity contribution in [1.29, 1.82) is 0 Å². The highest BCUT2D eigenvalue weighted by atomic mass is 16.6. The fourth-order valence-electron chi connectivity index (χ4n) is 3.02. The van der Waals surface area contributed by atoms with Gasteiger partial charge in [0.05, 0.1) is 0 Å². The number of hydrogen-bond acceptors (Lipinski definition) is 2. The summed E-state index contributed by atoms with van der Waals surface area (Å²) in [6.07, 6.45) is 8.39. The van der Waals surface area contributed by atoms with Gasteiger partial charge in [-0.05, 0) is 31.2 Å². The number of benzene rings is 1. The summed E-state index contributed by atoms with van der Waals surface area (Å²) < 4.78 is 5.46. The summed E-state index contributed by atoms with van der Waals surface area (Å²) in [7, 11) is 0. The van der Waals surface area contributed by atoms with Crippen molar-refractivity contribution in [2.24, 2.45) is 0 Å². The zero-order chi connectivity index (χ0) is 13.1. The van der Waals surface area contributed by atoms with Gasteiger partial charge in [0, 0.05) is 12.1 Å². The molecule has 0 radical (unpaired) electrons. The molecule has 19 heavy (non-hydrogen) atoms. The summed E-state index contributed by atoms with van der Waals surface area (Å²) in [5.41, 5.74) is 1.04. The Hall–Kier alpha value is -1.77. The quantitative estimate of drug-likeness (QED) is 0.759. The summed E-state index contributed by atoms with van der Waals surface area (Å²) >= 11 is 0. The number of hydrogen-bond donors (Lipinski definition) is 0. The first-order valence-corrected chi connectivity index (χ1v) is 6.98. The molecule has 2 unspecified atom stereocenters. The first kappa shape index (κ1) is 12.3. The van der Waals surface area contributed by atoms with Gasteiger partial charge in [0.2, 0.25) is 0 Å². The van der Waals surface area contributed by atoms with Crippen LogP contribution in [0.25, 0.3) is 0 Å². The number of nitrogens with zero attached hydrogens (tertiary/aromatic N) is 1. The van der Waals surface area contributed by atoms with Gasteiger partial charge in [-0.2, -0.15) is 0 Å². The molecule has 0 aromatic heterocycles. The molecular formula is C16H19NO2. The second-order valence-electron chi connectivity index (χ2n) is 5.28. The zero-order valence-corrected chi connectivity index (χ0v) is 11.0. The van der Waals surface area contributed by atoms with Crippen molar-refractivity contribution >= 4 is 6.09 Å². The maximum absolute atomic E-state index is 12.3. The Morgan fingerprint density at radius 1 is 1.11 bits per heavy atom.